The molecule has 0 saturated heterocycles. The van der Waals surface area contributed by atoms with E-state index in [0.717, 1.165) is 0 Å². The summed E-state index contributed by atoms with van der Waals surface area (Å²) in [5.74, 6) is -0.744. The van der Waals surface area contributed by atoms with Gasteiger partial charge in [0, 0.05) is 19.0 Å². The quantitative estimate of drug-likeness (QED) is 0.759. The van der Waals surface area contributed by atoms with E-state index >= 15 is 0 Å². The molecule has 0 aliphatic carbocycles. The lowest BCUT2D eigenvalue weighted by Crippen LogP contribution is -2.29. The average Bonchev–Trinajstić information content (AvgIpc) is 2.28. The summed E-state index contributed by atoms with van der Waals surface area (Å²) in [5, 5.41) is 0.00704. The molecule has 0 aliphatic rings. The summed E-state index contributed by atoms with van der Waals surface area (Å²) in [7, 11) is 1.66. The van der Waals surface area contributed by atoms with Crippen LogP contribution in [-0.2, 0) is 0 Å². The average molecular weight is 258 g/mol. The summed E-state index contributed by atoms with van der Waals surface area (Å²) in [6.07, 6.45) is 0.692. The van der Waals surface area contributed by atoms with Crippen molar-refractivity contribution < 1.29 is 9.18 Å². The van der Waals surface area contributed by atoms with Crippen LogP contribution in [0.25, 0.3) is 0 Å². The Hall–Kier alpha value is -1.09. The van der Waals surface area contributed by atoms with Crippen molar-refractivity contribution in [2.24, 2.45) is 0 Å². The molecule has 1 amide bonds. The van der Waals surface area contributed by atoms with Gasteiger partial charge < -0.3 is 4.90 Å². The summed E-state index contributed by atoms with van der Waals surface area (Å²) in [6, 6.07) is 4.84. The number of rotatable bonds is 4. The van der Waals surface area contributed by atoms with Crippen LogP contribution in [0.5, 0.6) is 0 Å². The van der Waals surface area contributed by atoms with E-state index in [9.17, 15) is 9.18 Å². The fraction of sp³-hybridized carbons (Fsp3) is 0.462. The van der Waals surface area contributed by atoms with Crippen LogP contribution in [0.1, 0.15) is 29.3 Å². The van der Waals surface area contributed by atoms with Crippen molar-refractivity contribution in [3.8, 4) is 0 Å². The smallest absolute Gasteiger partial charge is 0.256 e. The van der Waals surface area contributed by atoms with Gasteiger partial charge in [0.1, 0.15) is 5.82 Å². The molecular weight excluding hydrogens is 241 g/mol. The lowest BCUT2D eigenvalue weighted by molar-refractivity contribution is 0.0789. The van der Waals surface area contributed by atoms with Gasteiger partial charge >= 0.3 is 0 Å². The molecule has 2 nitrogen and oxygen atoms in total. The van der Waals surface area contributed by atoms with Crippen molar-refractivity contribution >= 4 is 17.5 Å². The van der Waals surface area contributed by atoms with Crippen LogP contribution in [-0.4, -0.2) is 29.8 Å². The molecule has 0 radical (unpaired) electrons. The molecule has 1 aromatic carbocycles. The third-order valence-corrected chi connectivity index (χ3v) is 2.85. The summed E-state index contributed by atoms with van der Waals surface area (Å²) in [5.41, 5.74) is 0.602. The Morgan fingerprint density at radius 2 is 2.18 bits per heavy atom. The zero-order chi connectivity index (χ0) is 13.0. The maximum Gasteiger partial charge on any atom is 0.256 e. The molecule has 1 unspecified atom stereocenters. The number of carbonyl (C=O) groups is 1. The number of hydrogen-bond acceptors (Lipinski definition) is 1. The summed E-state index contributed by atoms with van der Waals surface area (Å²) < 4.78 is 13.7. The van der Waals surface area contributed by atoms with E-state index in [4.69, 9.17) is 11.6 Å². The molecule has 0 aliphatic heterocycles. The van der Waals surface area contributed by atoms with E-state index in [2.05, 4.69) is 0 Å². The maximum atomic E-state index is 13.7. The number of halogens is 2. The molecule has 0 saturated carbocycles. The summed E-state index contributed by atoms with van der Waals surface area (Å²) in [4.78, 5) is 13.5. The van der Waals surface area contributed by atoms with Gasteiger partial charge in [-0.15, -0.1) is 11.6 Å². The maximum absolute atomic E-state index is 13.7. The number of benzene rings is 1. The zero-order valence-electron chi connectivity index (χ0n) is 10.3. The minimum atomic E-state index is -0.441. The van der Waals surface area contributed by atoms with Crippen molar-refractivity contribution in [3.63, 3.8) is 0 Å². The second-order valence-corrected chi connectivity index (χ2v) is 4.98. The lowest BCUT2D eigenvalue weighted by atomic mass is 10.1. The van der Waals surface area contributed by atoms with E-state index < -0.39 is 5.82 Å². The predicted octanol–water partition coefficient (Wildman–Crippen LogP) is 3.22. The molecule has 1 aromatic rings. The van der Waals surface area contributed by atoms with Crippen molar-refractivity contribution in [2.45, 2.75) is 25.6 Å². The third-order valence-electron chi connectivity index (χ3n) is 2.63. The third kappa shape index (κ3) is 3.70. The first kappa shape index (κ1) is 14.0. The van der Waals surface area contributed by atoms with Crippen LogP contribution in [0, 0.1) is 12.7 Å². The Balaban J connectivity index is 2.78. The standard InChI is InChI=1S/C13H17ClFNO/c1-9-5-4-6-11(12(9)15)13(17)16(3)8-7-10(2)14/h4-6,10H,7-8H2,1-3H3. The van der Waals surface area contributed by atoms with Crippen molar-refractivity contribution in [3.05, 3.63) is 35.1 Å². The number of hydrogen-bond donors (Lipinski definition) is 0. The number of carbonyl (C=O) groups excluding carboxylic acids is 1. The van der Waals surface area contributed by atoms with Crippen molar-refractivity contribution in [1.29, 1.82) is 0 Å². The van der Waals surface area contributed by atoms with Crippen LogP contribution in [0.4, 0.5) is 4.39 Å². The topological polar surface area (TPSA) is 20.3 Å². The van der Waals surface area contributed by atoms with Crippen molar-refractivity contribution in [1.82, 2.24) is 4.90 Å². The van der Waals surface area contributed by atoms with E-state index in [-0.39, 0.29) is 16.8 Å². The molecule has 0 bridgehead atoms. The molecule has 0 spiro atoms. The molecule has 4 heteroatoms. The predicted molar refractivity (Wildman–Crippen MR) is 68.0 cm³/mol. The highest BCUT2D eigenvalue weighted by atomic mass is 35.5. The molecular formula is C13H17ClFNO. The van der Waals surface area contributed by atoms with Gasteiger partial charge in [-0.05, 0) is 31.9 Å². The highest BCUT2D eigenvalue weighted by molar-refractivity contribution is 6.20. The fourth-order valence-corrected chi connectivity index (χ4v) is 1.59. The van der Waals surface area contributed by atoms with Crippen LogP contribution in [0.2, 0.25) is 0 Å². The van der Waals surface area contributed by atoms with Crippen LogP contribution in [0.3, 0.4) is 0 Å². The van der Waals surface area contributed by atoms with Gasteiger partial charge in [0.25, 0.3) is 5.91 Å². The molecule has 0 fully saturated rings. The monoisotopic (exact) mass is 257 g/mol. The van der Waals surface area contributed by atoms with Gasteiger partial charge in [0.2, 0.25) is 0 Å². The first-order valence-electron chi connectivity index (χ1n) is 5.58. The molecule has 17 heavy (non-hydrogen) atoms. The molecule has 1 rings (SSSR count). The minimum Gasteiger partial charge on any atom is -0.342 e. The van der Waals surface area contributed by atoms with Gasteiger partial charge in [-0.2, -0.15) is 0 Å². The molecule has 0 heterocycles. The van der Waals surface area contributed by atoms with E-state index in [1.807, 2.05) is 6.92 Å². The van der Waals surface area contributed by atoms with Gasteiger partial charge in [-0.25, -0.2) is 4.39 Å². The Morgan fingerprint density at radius 3 is 2.76 bits per heavy atom. The molecule has 0 aromatic heterocycles. The second kappa shape index (κ2) is 6.01. The highest BCUT2D eigenvalue weighted by Crippen LogP contribution is 2.14. The fourth-order valence-electron chi connectivity index (χ4n) is 1.49. The largest absolute Gasteiger partial charge is 0.342 e. The number of aryl methyl sites for hydroxylation is 1. The normalized spacial score (nSPS) is 12.3. The Bertz CT molecular complexity index is 406. The number of nitrogens with zero attached hydrogens (tertiary/aromatic N) is 1. The van der Waals surface area contributed by atoms with Crippen LogP contribution >= 0.6 is 11.6 Å². The Labute approximate surface area is 106 Å². The van der Waals surface area contributed by atoms with E-state index in [1.54, 1.807) is 26.1 Å². The zero-order valence-corrected chi connectivity index (χ0v) is 11.1. The Morgan fingerprint density at radius 1 is 1.53 bits per heavy atom. The van der Waals surface area contributed by atoms with Crippen LogP contribution in [0.15, 0.2) is 18.2 Å². The Kier molecular flexibility index (Phi) is 4.94. The number of alkyl halides is 1. The van der Waals surface area contributed by atoms with Gasteiger partial charge in [-0.3, -0.25) is 4.79 Å². The molecule has 1 atom stereocenters. The highest BCUT2D eigenvalue weighted by Gasteiger charge is 2.17. The van der Waals surface area contributed by atoms with Gasteiger partial charge in [0.05, 0.1) is 5.56 Å². The molecule has 94 valence electrons. The van der Waals surface area contributed by atoms with E-state index in [0.29, 0.717) is 18.5 Å². The van der Waals surface area contributed by atoms with Gasteiger partial charge in [0.15, 0.2) is 0 Å². The SMILES string of the molecule is Cc1cccc(C(=O)N(C)CCC(C)Cl)c1F. The van der Waals surface area contributed by atoms with Crippen molar-refractivity contribution in [2.75, 3.05) is 13.6 Å². The van der Waals surface area contributed by atoms with Gasteiger partial charge in [-0.1, -0.05) is 12.1 Å². The van der Waals surface area contributed by atoms with Crippen LogP contribution < -0.4 is 0 Å². The second-order valence-electron chi connectivity index (χ2n) is 4.23. The summed E-state index contributed by atoms with van der Waals surface area (Å²) in [6.45, 7) is 4.04. The van der Waals surface area contributed by atoms with E-state index in [1.165, 1.54) is 11.0 Å². The first-order chi connectivity index (χ1) is 7.93. The first-order valence-corrected chi connectivity index (χ1v) is 6.01. The molecule has 0 N–H and O–H groups in total. The minimum absolute atomic E-state index is 0.00704. The lowest BCUT2D eigenvalue weighted by Gasteiger charge is -2.18. The summed E-state index contributed by atoms with van der Waals surface area (Å²) >= 11 is 5.82. The number of amides is 1.